The zero-order valence-corrected chi connectivity index (χ0v) is 10.7. The molecule has 1 saturated heterocycles. The molecule has 0 bridgehead atoms. The molecule has 3 nitrogen and oxygen atoms in total. The van der Waals surface area contributed by atoms with Gasteiger partial charge in [-0.25, -0.2) is 0 Å². The summed E-state index contributed by atoms with van der Waals surface area (Å²) in [6.07, 6.45) is 1.87. The predicted molar refractivity (Wildman–Crippen MR) is 72.6 cm³/mol. The van der Waals surface area contributed by atoms with E-state index in [0.29, 0.717) is 0 Å². The first-order valence-electron chi connectivity index (χ1n) is 6.48. The number of benzene rings is 1. The van der Waals surface area contributed by atoms with E-state index < -0.39 is 0 Å². The molecular formula is C15H18N2O. The lowest BCUT2D eigenvalue weighted by Crippen LogP contribution is -2.35. The molecule has 2 aromatic rings. The minimum Gasteiger partial charge on any atom is -0.379 e. The first-order chi connectivity index (χ1) is 8.84. The lowest BCUT2D eigenvalue weighted by molar-refractivity contribution is 0.0343. The molecule has 1 aliphatic heterocycles. The normalized spacial score (nSPS) is 17.2. The SMILES string of the molecule is Cc1ccc(CN2CCOCC2)c2cccnc12. The number of fused-ring (bicyclic) bond motifs is 1. The Morgan fingerprint density at radius 3 is 2.89 bits per heavy atom. The van der Waals surface area contributed by atoms with Crippen molar-refractivity contribution in [3.8, 4) is 0 Å². The van der Waals surface area contributed by atoms with Crippen LogP contribution in [0.2, 0.25) is 0 Å². The number of hydrogen-bond donors (Lipinski definition) is 0. The fraction of sp³-hybridized carbons (Fsp3) is 0.400. The summed E-state index contributed by atoms with van der Waals surface area (Å²) in [5.74, 6) is 0. The van der Waals surface area contributed by atoms with Crippen molar-refractivity contribution in [3.63, 3.8) is 0 Å². The van der Waals surface area contributed by atoms with Crippen LogP contribution in [0, 0.1) is 6.92 Å². The summed E-state index contributed by atoms with van der Waals surface area (Å²) in [5, 5.41) is 1.28. The quantitative estimate of drug-likeness (QED) is 0.808. The van der Waals surface area contributed by atoms with E-state index in [-0.39, 0.29) is 0 Å². The Bertz CT molecular complexity index is 547. The fourth-order valence-electron chi connectivity index (χ4n) is 2.51. The van der Waals surface area contributed by atoms with Crippen molar-refractivity contribution in [1.82, 2.24) is 9.88 Å². The molecule has 3 rings (SSSR count). The summed E-state index contributed by atoms with van der Waals surface area (Å²) >= 11 is 0. The minimum atomic E-state index is 0.849. The van der Waals surface area contributed by atoms with Gasteiger partial charge in [0.05, 0.1) is 18.7 Å². The summed E-state index contributed by atoms with van der Waals surface area (Å²) < 4.78 is 5.39. The molecular weight excluding hydrogens is 224 g/mol. The van der Waals surface area contributed by atoms with E-state index in [4.69, 9.17) is 4.74 Å². The van der Waals surface area contributed by atoms with Gasteiger partial charge in [-0.3, -0.25) is 9.88 Å². The Balaban J connectivity index is 1.94. The first kappa shape index (κ1) is 11.6. The largest absolute Gasteiger partial charge is 0.379 e. The number of aryl methyl sites for hydroxylation is 1. The van der Waals surface area contributed by atoms with Gasteiger partial charge in [-0.15, -0.1) is 0 Å². The predicted octanol–water partition coefficient (Wildman–Crippen LogP) is 2.38. The van der Waals surface area contributed by atoms with Gasteiger partial charge in [0.15, 0.2) is 0 Å². The fourth-order valence-corrected chi connectivity index (χ4v) is 2.51. The highest BCUT2D eigenvalue weighted by atomic mass is 16.5. The molecule has 0 unspecified atom stereocenters. The lowest BCUT2D eigenvalue weighted by atomic mass is 10.0. The second kappa shape index (κ2) is 5.04. The third-order valence-electron chi connectivity index (χ3n) is 3.56. The second-order valence-corrected chi connectivity index (χ2v) is 4.83. The van der Waals surface area contributed by atoms with Crippen molar-refractivity contribution in [2.75, 3.05) is 26.3 Å². The highest BCUT2D eigenvalue weighted by Gasteiger charge is 2.12. The zero-order valence-electron chi connectivity index (χ0n) is 10.7. The van der Waals surface area contributed by atoms with Gasteiger partial charge in [-0.2, -0.15) is 0 Å². The van der Waals surface area contributed by atoms with Gasteiger partial charge in [0.1, 0.15) is 0 Å². The van der Waals surface area contributed by atoms with Gasteiger partial charge in [0, 0.05) is 31.2 Å². The summed E-state index contributed by atoms with van der Waals surface area (Å²) in [7, 11) is 0. The van der Waals surface area contributed by atoms with E-state index in [1.165, 1.54) is 16.5 Å². The summed E-state index contributed by atoms with van der Waals surface area (Å²) in [4.78, 5) is 6.94. The van der Waals surface area contributed by atoms with Crippen LogP contribution in [0.3, 0.4) is 0 Å². The van der Waals surface area contributed by atoms with Crippen LogP contribution in [-0.4, -0.2) is 36.2 Å². The average Bonchev–Trinajstić information content (AvgIpc) is 2.44. The van der Waals surface area contributed by atoms with Crippen LogP contribution < -0.4 is 0 Å². The molecule has 3 heteroatoms. The first-order valence-corrected chi connectivity index (χ1v) is 6.48. The Labute approximate surface area is 107 Å². The number of aromatic nitrogens is 1. The number of pyridine rings is 1. The Morgan fingerprint density at radius 1 is 1.22 bits per heavy atom. The molecule has 1 aromatic carbocycles. The number of nitrogens with zero attached hydrogens (tertiary/aromatic N) is 2. The molecule has 2 heterocycles. The maximum Gasteiger partial charge on any atom is 0.0734 e. The Morgan fingerprint density at radius 2 is 2.06 bits per heavy atom. The molecule has 0 amide bonds. The minimum absolute atomic E-state index is 0.849. The average molecular weight is 242 g/mol. The monoisotopic (exact) mass is 242 g/mol. The van der Waals surface area contributed by atoms with Gasteiger partial charge >= 0.3 is 0 Å². The van der Waals surface area contributed by atoms with Crippen LogP contribution in [-0.2, 0) is 11.3 Å². The summed E-state index contributed by atoms with van der Waals surface area (Å²) in [6, 6.07) is 8.59. The molecule has 0 N–H and O–H groups in total. The molecule has 1 fully saturated rings. The number of ether oxygens (including phenoxy) is 1. The van der Waals surface area contributed by atoms with Gasteiger partial charge in [0.2, 0.25) is 0 Å². The van der Waals surface area contributed by atoms with Crippen LogP contribution in [0.4, 0.5) is 0 Å². The molecule has 0 spiro atoms. The van der Waals surface area contributed by atoms with Crippen molar-refractivity contribution in [3.05, 3.63) is 41.6 Å². The number of rotatable bonds is 2. The zero-order chi connectivity index (χ0) is 12.4. The van der Waals surface area contributed by atoms with Gasteiger partial charge in [-0.05, 0) is 24.1 Å². The molecule has 94 valence electrons. The number of hydrogen-bond acceptors (Lipinski definition) is 3. The van der Waals surface area contributed by atoms with Crippen molar-refractivity contribution in [1.29, 1.82) is 0 Å². The highest BCUT2D eigenvalue weighted by molar-refractivity contribution is 5.84. The summed E-state index contributed by atoms with van der Waals surface area (Å²) in [6.45, 7) is 6.86. The van der Waals surface area contributed by atoms with Crippen LogP contribution in [0.25, 0.3) is 10.9 Å². The van der Waals surface area contributed by atoms with E-state index in [0.717, 1.165) is 38.4 Å². The van der Waals surface area contributed by atoms with Crippen molar-refractivity contribution in [2.45, 2.75) is 13.5 Å². The Kier molecular flexibility index (Phi) is 3.26. The Hall–Kier alpha value is -1.45. The summed E-state index contributed by atoms with van der Waals surface area (Å²) in [5.41, 5.74) is 3.74. The van der Waals surface area contributed by atoms with E-state index in [1.54, 1.807) is 0 Å². The maximum absolute atomic E-state index is 5.39. The van der Waals surface area contributed by atoms with Crippen LogP contribution in [0.5, 0.6) is 0 Å². The molecule has 0 atom stereocenters. The molecule has 1 aliphatic rings. The van der Waals surface area contributed by atoms with Crippen LogP contribution >= 0.6 is 0 Å². The van der Waals surface area contributed by atoms with Gasteiger partial charge < -0.3 is 4.74 Å². The van der Waals surface area contributed by atoms with Gasteiger partial charge in [0.25, 0.3) is 0 Å². The van der Waals surface area contributed by atoms with Crippen LogP contribution in [0.1, 0.15) is 11.1 Å². The third-order valence-corrected chi connectivity index (χ3v) is 3.56. The molecule has 0 radical (unpaired) electrons. The van der Waals surface area contributed by atoms with E-state index >= 15 is 0 Å². The van der Waals surface area contributed by atoms with E-state index in [9.17, 15) is 0 Å². The van der Waals surface area contributed by atoms with E-state index in [1.807, 2.05) is 12.3 Å². The van der Waals surface area contributed by atoms with Crippen LogP contribution in [0.15, 0.2) is 30.5 Å². The van der Waals surface area contributed by atoms with E-state index in [2.05, 4.69) is 35.0 Å². The molecule has 1 aromatic heterocycles. The number of morpholine rings is 1. The maximum atomic E-state index is 5.39. The standard InChI is InChI=1S/C15H18N2O/c1-12-4-5-13(11-17-7-9-18-10-8-17)14-3-2-6-16-15(12)14/h2-6H,7-11H2,1H3. The van der Waals surface area contributed by atoms with Crippen molar-refractivity contribution < 1.29 is 4.74 Å². The second-order valence-electron chi connectivity index (χ2n) is 4.83. The van der Waals surface area contributed by atoms with Crippen molar-refractivity contribution >= 4 is 10.9 Å². The molecule has 0 aliphatic carbocycles. The highest BCUT2D eigenvalue weighted by Crippen LogP contribution is 2.21. The van der Waals surface area contributed by atoms with Gasteiger partial charge in [-0.1, -0.05) is 18.2 Å². The molecule has 0 saturated carbocycles. The lowest BCUT2D eigenvalue weighted by Gasteiger charge is -2.27. The smallest absolute Gasteiger partial charge is 0.0734 e. The molecule has 18 heavy (non-hydrogen) atoms. The topological polar surface area (TPSA) is 25.4 Å². The van der Waals surface area contributed by atoms with Crippen molar-refractivity contribution in [2.24, 2.45) is 0 Å². The third kappa shape index (κ3) is 2.24.